The summed E-state index contributed by atoms with van der Waals surface area (Å²) in [6, 6.07) is 2.63. The summed E-state index contributed by atoms with van der Waals surface area (Å²) in [4.78, 5) is 0.00645. The summed E-state index contributed by atoms with van der Waals surface area (Å²) in [7, 11) is -3.67. The summed E-state index contributed by atoms with van der Waals surface area (Å²) < 4.78 is 27.0. The first-order valence-corrected chi connectivity index (χ1v) is 9.14. The lowest BCUT2D eigenvalue weighted by Gasteiger charge is -2.15. The molecule has 4 nitrogen and oxygen atoms in total. The van der Waals surface area contributed by atoms with Crippen molar-refractivity contribution in [1.29, 1.82) is 0 Å². The highest BCUT2D eigenvalue weighted by molar-refractivity contribution is 7.98. The minimum absolute atomic E-state index is 0.00645. The Morgan fingerprint density at radius 3 is 2.53 bits per heavy atom. The third-order valence-electron chi connectivity index (χ3n) is 2.38. The molecular formula is C11H16Cl2N2O2S2. The number of hydrogen-bond acceptors (Lipinski definition) is 4. The number of nitrogens with two attached hydrogens (primary N) is 1. The minimum Gasteiger partial charge on any atom is -0.326 e. The normalized spacial score (nSPS) is 13.5. The van der Waals surface area contributed by atoms with E-state index in [1.807, 2.05) is 6.26 Å². The maximum absolute atomic E-state index is 12.2. The van der Waals surface area contributed by atoms with Crippen molar-refractivity contribution in [2.24, 2.45) is 5.73 Å². The van der Waals surface area contributed by atoms with Gasteiger partial charge >= 0.3 is 0 Å². The molecule has 0 fully saturated rings. The fourth-order valence-electron chi connectivity index (χ4n) is 1.55. The van der Waals surface area contributed by atoms with Crippen molar-refractivity contribution >= 4 is 45.0 Å². The Kier molecular flexibility index (Phi) is 6.42. The molecule has 0 aromatic heterocycles. The van der Waals surface area contributed by atoms with Gasteiger partial charge in [-0.25, -0.2) is 13.1 Å². The van der Waals surface area contributed by atoms with Crippen LogP contribution in [-0.4, -0.2) is 26.5 Å². The highest BCUT2D eigenvalue weighted by Gasteiger charge is 2.21. The van der Waals surface area contributed by atoms with E-state index in [9.17, 15) is 8.42 Å². The van der Waals surface area contributed by atoms with Crippen LogP contribution < -0.4 is 10.5 Å². The van der Waals surface area contributed by atoms with Gasteiger partial charge in [-0.3, -0.25) is 0 Å². The summed E-state index contributed by atoms with van der Waals surface area (Å²) >= 11 is 13.4. The molecule has 3 N–H and O–H groups in total. The number of hydrogen-bond donors (Lipinski definition) is 2. The Morgan fingerprint density at radius 1 is 1.37 bits per heavy atom. The number of nitrogens with one attached hydrogen (secondary N) is 1. The van der Waals surface area contributed by atoms with Crippen LogP contribution >= 0.6 is 35.0 Å². The zero-order valence-corrected chi connectivity index (χ0v) is 13.8. The Balaban J connectivity index is 3.14. The van der Waals surface area contributed by atoms with Gasteiger partial charge in [0.25, 0.3) is 0 Å². The topological polar surface area (TPSA) is 72.2 Å². The second-order valence-electron chi connectivity index (χ2n) is 4.06. The van der Waals surface area contributed by atoms with Crippen LogP contribution in [0.2, 0.25) is 10.0 Å². The van der Waals surface area contributed by atoms with Gasteiger partial charge in [-0.05, 0) is 30.9 Å². The van der Waals surface area contributed by atoms with Crippen LogP contribution in [0.1, 0.15) is 12.5 Å². The minimum atomic E-state index is -3.67. The van der Waals surface area contributed by atoms with E-state index < -0.39 is 10.0 Å². The molecule has 0 bridgehead atoms. The second-order valence-corrected chi connectivity index (χ2v) is 7.46. The van der Waals surface area contributed by atoms with Crippen LogP contribution in [0.5, 0.6) is 0 Å². The van der Waals surface area contributed by atoms with Gasteiger partial charge in [0, 0.05) is 23.4 Å². The summed E-state index contributed by atoms with van der Waals surface area (Å²) in [6.45, 7) is 1.95. The molecule has 1 rings (SSSR count). The first-order valence-electron chi connectivity index (χ1n) is 5.51. The Labute approximate surface area is 128 Å². The lowest BCUT2D eigenvalue weighted by Crippen LogP contribution is -2.34. The SMILES string of the molecule is CSCC(C)NS(=O)(=O)c1cc(CN)c(Cl)cc1Cl. The maximum Gasteiger partial charge on any atom is 0.242 e. The van der Waals surface area contributed by atoms with E-state index >= 15 is 0 Å². The van der Waals surface area contributed by atoms with Crippen molar-refractivity contribution in [3.05, 3.63) is 27.7 Å². The number of rotatable bonds is 6. The summed E-state index contributed by atoms with van der Waals surface area (Å²) in [5.74, 6) is 0.675. The number of halogens is 2. The van der Waals surface area contributed by atoms with E-state index in [-0.39, 0.29) is 22.5 Å². The van der Waals surface area contributed by atoms with Crippen molar-refractivity contribution in [3.8, 4) is 0 Å². The second kappa shape index (κ2) is 7.15. The van der Waals surface area contributed by atoms with E-state index in [1.165, 1.54) is 12.1 Å². The van der Waals surface area contributed by atoms with Crippen LogP contribution in [0.15, 0.2) is 17.0 Å². The third-order valence-corrected chi connectivity index (χ3v) is 5.62. The fourth-order valence-corrected chi connectivity index (χ4v) is 4.35. The van der Waals surface area contributed by atoms with Crippen LogP contribution in [0.4, 0.5) is 0 Å². The number of benzene rings is 1. The molecule has 19 heavy (non-hydrogen) atoms. The Hall–Kier alpha value is 0.0200. The molecule has 108 valence electrons. The molecule has 0 aliphatic heterocycles. The highest BCUT2D eigenvalue weighted by Crippen LogP contribution is 2.28. The van der Waals surface area contributed by atoms with Crippen LogP contribution in [0.25, 0.3) is 0 Å². The number of sulfonamides is 1. The van der Waals surface area contributed by atoms with Crippen molar-refractivity contribution in [2.45, 2.75) is 24.4 Å². The summed E-state index contributed by atoms with van der Waals surface area (Å²) in [5, 5.41) is 0.453. The average molecular weight is 343 g/mol. The van der Waals surface area contributed by atoms with Crippen molar-refractivity contribution in [1.82, 2.24) is 4.72 Å². The lowest BCUT2D eigenvalue weighted by molar-refractivity contribution is 0.571. The van der Waals surface area contributed by atoms with Gasteiger partial charge in [-0.2, -0.15) is 11.8 Å². The standard InChI is InChI=1S/C11H16Cl2N2O2S2/c1-7(6-18-2)15-19(16,17)11-3-8(5-14)9(12)4-10(11)13/h3-4,7,15H,5-6,14H2,1-2H3. The Morgan fingerprint density at radius 2 is 2.00 bits per heavy atom. The van der Waals surface area contributed by atoms with E-state index in [0.29, 0.717) is 16.3 Å². The molecule has 0 spiro atoms. The fraction of sp³-hybridized carbons (Fsp3) is 0.455. The molecule has 0 saturated carbocycles. The largest absolute Gasteiger partial charge is 0.326 e. The zero-order chi connectivity index (χ0) is 14.6. The van der Waals surface area contributed by atoms with Gasteiger partial charge < -0.3 is 5.73 Å². The molecule has 0 aliphatic rings. The molecule has 1 aromatic carbocycles. The highest BCUT2D eigenvalue weighted by atomic mass is 35.5. The molecule has 1 aromatic rings. The van der Waals surface area contributed by atoms with Crippen LogP contribution in [0, 0.1) is 0 Å². The summed E-state index contributed by atoms with van der Waals surface area (Å²) in [6.07, 6.45) is 1.91. The van der Waals surface area contributed by atoms with Gasteiger partial charge in [0.05, 0.1) is 5.02 Å². The molecule has 0 amide bonds. The molecule has 1 unspecified atom stereocenters. The van der Waals surface area contributed by atoms with E-state index in [2.05, 4.69) is 4.72 Å². The predicted octanol–water partition coefficient (Wildman–Crippen LogP) is 2.48. The summed E-state index contributed by atoms with van der Waals surface area (Å²) in [5.41, 5.74) is 6.06. The van der Waals surface area contributed by atoms with Gasteiger partial charge in [0.15, 0.2) is 0 Å². The van der Waals surface area contributed by atoms with Gasteiger partial charge in [-0.15, -0.1) is 0 Å². The van der Waals surface area contributed by atoms with E-state index in [4.69, 9.17) is 28.9 Å². The molecule has 0 saturated heterocycles. The molecule has 8 heteroatoms. The van der Waals surface area contributed by atoms with E-state index in [0.717, 1.165) is 0 Å². The third kappa shape index (κ3) is 4.51. The van der Waals surface area contributed by atoms with Crippen LogP contribution in [0.3, 0.4) is 0 Å². The maximum atomic E-state index is 12.2. The van der Waals surface area contributed by atoms with Crippen molar-refractivity contribution in [2.75, 3.05) is 12.0 Å². The zero-order valence-electron chi connectivity index (χ0n) is 10.6. The molecule has 0 aliphatic carbocycles. The molecular weight excluding hydrogens is 327 g/mol. The van der Waals surface area contributed by atoms with Crippen molar-refractivity contribution < 1.29 is 8.42 Å². The lowest BCUT2D eigenvalue weighted by atomic mass is 10.2. The smallest absolute Gasteiger partial charge is 0.242 e. The molecule has 0 heterocycles. The quantitative estimate of drug-likeness (QED) is 0.832. The van der Waals surface area contributed by atoms with Crippen LogP contribution in [-0.2, 0) is 16.6 Å². The molecule has 0 radical (unpaired) electrons. The Bertz CT molecular complexity index is 550. The van der Waals surface area contributed by atoms with E-state index in [1.54, 1.807) is 18.7 Å². The predicted molar refractivity (Wildman–Crippen MR) is 82.5 cm³/mol. The van der Waals surface area contributed by atoms with Crippen molar-refractivity contribution in [3.63, 3.8) is 0 Å². The van der Waals surface area contributed by atoms with Gasteiger partial charge in [0.2, 0.25) is 10.0 Å². The molecule has 1 atom stereocenters. The van der Waals surface area contributed by atoms with Gasteiger partial charge in [-0.1, -0.05) is 23.2 Å². The van der Waals surface area contributed by atoms with Gasteiger partial charge in [0.1, 0.15) is 4.90 Å². The first-order chi connectivity index (χ1) is 8.81. The first kappa shape index (κ1) is 17.1. The average Bonchev–Trinajstić information content (AvgIpc) is 2.28. The monoisotopic (exact) mass is 342 g/mol. The number of thioether (sulfide) groups is 1.